The van der Waals surface area contributed by atoms with Gasteiger partial charge in [-0.1, -0.05) is 11.6 Å². The minimum Gasteiger partial charge on any atom is -0.466 e. The van der Waals surface area contributed by atoms with Crippen LogP contribution in [0.4, 0.5) is 19.0 Å². The minimum absolute atomic E-state index is 0.201. The van der Waals surface area contributed by atoms with Gasteiger partial charge in [-0.05, 0) is 19.1 Å². The van der Waals surface area contributed by atoms with Gasteiger partial charge in [0, 0.05) is 11.9 Å². The molecule has 0 saturated carbocycles. The molecular formula is C13H11ClF3N3O3. The zero-order chi connectivity index (χ0) is 17.4. The van der Waals surface area contributed by atoms with E-state index in [-0.39, 0.29) is 16.5 Å². The monoisotopic (exact) mass is 349 g/mol. The number of aromatic nitrogens is 1. The Morgan fingerprint density at radius 1 is 1.43 bits per heavy atom. The van der Waals surface area contributed by atoms with E-state index in [2.05, 4.69) is 9.72 Å². The van der Waals surface area contributed by atoms with Gasteiger partial charge in [0.05, 0.1) is 12.1 Å². The van der Waals surface area contributed by atoms with Gasteiger partial charge in [0.15, 0.2) is 0 Å². The Bertz CT molecular complexity index is 688. The largest absolute Gasteiger partial charge is 0.466 e. The van der Waals surface area contributed by atoms with Gasteiger partial charge in [0.1, 0.15) is 11.4 Å². The van der Waals surface area contributed by atoms with Crippen molar-refractivity contribution < 1.29 is 27.5 Å². The van der Waals surface area contributed by atoms with Crippen LogP contribution in [0, 0.1) is 0 Å². The van der Waals surface area contributed by atoms with E-state index in [1.165, 1.54) is 13.0 Å². The maximum absolute atomic E-state index is 13.7. The number of methoxy groups -OCH3 is 1. The Morgan fingerprint density at radius 3 is 2.57 bits per heavy atom. The summed E-state index contributed by atoms with van der Waals surface area (Å²) in [5, 5.41) is 4.22. The fourth-order valence-corrected chi connectivity index (χ4v) is 2.34. The number of nitrogens with one attached hydrogen (secondary N) is 2. The molecule has 0 radical (unpaired) electrons. The van der Waals surface area contributed by atoms with Crippen molar-refractivity contribution >= 4 is 29.3 Å². The summed E-state index contributed by atoms with van der Waals surface area (Å²) in [6.07, 6.45) is -4.02. The lowest BCUT2D eigenvalue weighted by molar-refractivity contribution is -0.178. The Balaban J connectivity index is 2.61. The second kappa shape index (κ2) is 5.73. The molecule has 0 bridgehead atoms. The molecular weight excluding hydrogens is 339 g/mol. The molecule has 0 spiro atoms. The summed E-state index contributed by atoms with van der Waals surface area (Å²) in [5.41, 5.74) is -4.42. The zero-order valence-corrected chi connectivity index (χ0v) is 12.7. The Kier molecular flexibility index (Phi) is 4.25. The van der Waals surface area contributed by atoms with Gasteiger partial charge in [-0.2, -0.15) is 13.2 Å². The maximum Gasteiger partial charge on any atom is 0.425 e. The smallest absolute Gasteiger partial charge is 0.425 e. The fraction of sp³-hybridized carbons (Fsp3) is 0.308. The van der Waals surface area contributed by atoms with Crippen LogP contribution in [-0.4, -0.2) is 35.7 Å². The van der Waals surface area contributed by atoms with E-state index in [1.807, 2.05) is 10.6 Å². The predicted octanol–water partition coefficient (Wildman–Crippen LogP) is 2.02. The third-order valence-corrected chi connectivity index (χ3v) is 3.47. The summed E-state index contributed by atoms with van der Waals surface area (Å²) in [7, 11) is 0.924. The molecule has 10 heteroatoms. The minimum atomic E-state index is -5.13. The van der Waals surface area contributed by atoms with Crippen LogP contribution in [-0.2, 0) is 14.3 Å². The first kappa shape index (κ1) is 17.1. The normalized spacial score (nSPS) is 21.2. The van der Waals surface area contributed by atoms with Crippen LogP contribution in [0.3, 0.4) is 0 Å². The Hall–Kier alpha value is -2.29. The van der Waals surface area contributed by atoms with Crippen LogP contribution < -0.4 is 10.6 Å². The van der Waals surface area contributed by atoms with Crippen molar-refractivity contribution in [2.75, 3.05) is 12.4 Å². The number of pyridine rings is 1. The summed E-state index contributed by atoms with van der Waals surface area (Å²) in [4.78, 5) is 27.6. The lowest BCUT2D eigenvalue weighted by Crippen LogP contribution is -2.60. The number of esters is 1. The number of alkyl halides is 3. The zero-order valence-electron chi connectivity index (χ0n) is 11.9. The van der Waals surface area contributed by atoms with Crippen LogP contribution in [0.1, 0.15) is 6.92 Å². The molecule has 1 aliphatic rings. The van der Waals surface area contributed by atoms with Crippen molar-refractivity contribution in [2.45, 2.75) is 18.6 Å². The summed E-state index contributed by atoms with van der Waals surface area (Å²) in [6, 6.07) is 2.45. The highest BCUT2D eigenvalue weighted by atomic mass is 35.5. The number of halogens is 4. The van der Waals surface area contributed by atoms with Crippen LogP contribution in [0.15, 0.2) is 29.6 Å². The number of allylic oxidation sites excluding steroid dienone is 1. The molecule has 2 rings (SSSR count). The molecule has 1 amide bonds. The van der Waals surface area contributed by atoms with E-state index in [4.69, 9.17) is 11.6 Å². The first-order valence-corrected chi connectivity index (χ1v) is 6.59. The SMILES string of the molecule is COC(=O)C1=C(C)NC(=O)[C@]1(Nc1ccc(Cl)cn1)C(F)(F)F. The molecule has 0 aromatic carbocycles. The molecule has 23 heavy (non-hydrogen) atoms. The molecule has 6 nitrogen and oxygen atoms in total. The van der Waals surface area contributed by atoms with Crippen molar-refractivity contribution in [3.05, 3.63) is 34.6 Å². The topological polar surface area (TPSA) is 80.3 Å². The number of rotatable bonds is 3. The standard InChI is InChI=1S/C13H11ClF3N3O3/c1-6-9(10(21)23-2)12(11(22)19-6,13(15,16)17)20-8-4-3-7(14)5-18-8/h3-5H,1-2H3,(H,18,20)(H,19,22)/t12-/m0/s1. The Morgan fingerprint density at radius 2 is 2.09 bits per heavy atom. The van der Waals surface area contributed by atoms with Crippen molar-refractivity contribution in [1.82, 2.24) is 10.3 Å². The average Bonchev–Trinajstić information content (AvgIpc) is 2.72. The van der Waals surface area contributed by atoms with Gasteiger partial charge in [-0.15, -0.1) is 0 Å². The third-order valence-electron chi connectivity index (χ3n) is 3.25. The summed E-state index contributed by atoms with van der Waals surface area (Å²) in [6.45, 7) is 1.18. The van der Waals surface area contributed by atoms with Crippen LogP contribution >= 0.6 is 11.6 Å². The molecule has 1 aromatic heterocycles. The first-order chi connectivity index (χ1) is 10.6. The number of nitrogens with zero attached hydrogens (tertiary/aromatic N) is 1. The highest BCUT2D eigenvalue weighted by Crippen LogP contribution is 2.43. The van der Waals surface area contributed by atoms with Crippen LogP contribution in [0.5, 0.6) is 0 Å². The average molecular weight is 350 g/mol. The summed E-state index contributed by atoms with van der Waals surface area (Å²) < 4.78 is 45.6. The number of carbonyl (C=O) groups is 2. The second-order valence-corrected chi connectivity index (χ2v) is 5.12. The van der Waals surface area contributed by atoms with Crippen LogP contribution in [0.25, 0.3) is 0 Å². The number of carbonyl (C=O) groups excluding carboxylic acids is 2. The van der Waals surface area contributed by atoms with E-state index in [0.29, 0.717) is 0 Å². The van der Waals surface area contributed by atoms with Crippen molar-refractivity contribution in [1.29, 1.82) is 0 Å². The van der Waals surface area contributed by atoms with Gasteiger partial charge >= 0.3 is 12.1 Å². The molecule has 0 aliphatic carbocycles. The molecule has 2 heterocycles. The van der Waals surface area contributed by atoms with Gasteiger partial charge in [-0.25, -0.2) is 9.78 Å². The van der Waals surface area contributed by atoms with Crippen molar-refractivity contribution in [3.63, 3.8) is 0 Å². The molecule has 1 atom stereocenters. The lowest BCUT2D eigenvalue weighted by atomic mass is 9.89. The number of hydrogen-bond acceptors (Lipinski definition) is 5. The third kappa shape index (κ3) is 2.72. The van der Waals surface area contributed by atoms with Crippen molar-refractivity contribution in [3.8, 4) is 0 Å². The molecule has 0 fully saturated rings. The second-order valence-electron chi connectivity index (χ2n) is 4.68. The molecule has 0 saturated heterocycles. The first-order valence-electron chi connectivity index (χ1n) is 6.21. The molecule has 124 valence electrons. The van der Waals surface area contributed by atoms with Crippen LogP contribution in [0.2, 0.25) is 5.02 Å². The molecule has 2 N–H and O–H groups in total. The number of hydrogen-bond donors (Lipinski definition) is 2. The van der Waals surface area contributed by atoms with Gasteiger partial charge in [0.25, 0.3) is 5.91 Å². The Labute approximate surface area is 133 Å². The lowest BCUT2D eigenvalue weighted by Gasteiger charge is -2.32. The fourth-order valence-electron chi connectivity index (χ4n) is 2.23. The van der Waals surface area contributed by atoms with E-state index in [1.54, 1.807) is 0 Å². The highest BCUT2D eigenvalue weighted by Gasteiger charge is 2.68. The summed E-state index contributed by atoms with van der Waals surface area (Å²) in [5.74, 6) is -3.00. The van der Waals surface area contributed by atoms with Gasteiger partial charge in [0.2, 0.25) is 5.54 Å². The molecule has 1 aliphatic heterocycles. The van der Waals surface area contributed by atoms with E-state index >= 15 is 0 Å². The molecule has 1 aromatic rings. The maximum atomic E-state index is 13.7. The van der Waals surface area contributed by atoms with E-state index < -0.39 is 29.2 Å². The predicted molar refractivity (Wildman–Crippen MR) is 74.5 cm³/mol. The quantitative estimate of drug-likeness (QED) is 0.816. The number of ether oxygens (including phenoxy) is 1. The highest BCUT2D eigenvalue weighted by molar-refractivity contribution is 6.30. The van der Waals surface area contributed by atoms with E-state index in [0.717, 1.165) is 19.4 Å². The summed E-state index contributed by atoms with van der Waals surface area (Å²) >= 11 is 5.63. The van der Waals surface area contributed by atoms with Gasteiger partial charge in [-0.3, -0.25) is 4.79 Å². The number of amides is 1. The van der Waals surface area contributed by atoms with Crippen molar-refractivity contribution in [2.24, 2.45) is 0 Å². The van der Waals surface area contributed by atoms with E-state index in [9.17, 15) is 22.8 Å². The van der Waals surface area contributed by atoms with Gasteiger partial charge < -0.3 is 15.4 Å². The molecule has 0 unspecified atom stereocenters. The number of anilines is 1.